The normalized spacial score (nSPS) is 16.5. The van der Waals surface area contributed by atoms with Gasteiger partial charge in [0.1, 0.15) is 0 Å². The smallest absolute Gasteiger partial charge is 0.269 e. The molecule has 0 fully saturated rings. The average molecular weight is 279 g/mol. The minimum absolute atomic E-state index is 0.00219. The van der Waals surface area contributed by atoms with Crippen molar-refractivity contribution in [3.63, 3.8) is 0 Å². The Morgan fingerprint density at radius 1 is 1.26 bits per heavy atom. The number of sulfone groups is 1. The van der Waals surface area contributed by atoms with Crippen molar-refractivity contribution in [3.05, 3.63) is 62.5 Å². The highest BCUT2D eigenvalue weighted by molar-refractivity contribution is 7.97. The number of hydrogen-bond donors (Lipinski definition) is 1. The van der Waals surface area contributed by atoms with Crippen LogP contribution in [0.5, 0.6) is 0 Å². The van der Waals surface area contributed by atoms with Gasteiger partial charge in [-0.05, 0) is 23.8 Å². The molecule has 0 unspecified atom stereocenters. The standard InChI is InChI=1S/C11H9N3O4S/c15-14(16)11-3-1-9(2-4-11)7-12-13-10-5-6-19(17,18)8-10/h1-8,13H. The van der Waals surface area contributed by atoms with Crippen LogP contribution in [0.1, 0.15) is 5.56 Å². The number of rotatable bonds is 4. The van der Waals surface area contributed by atoms with Gasteiger partial charge >= 0.3 is 0 Å². The van der Waals surface area contributed by atoms with Crippen molar-refractivity contribution < 1.29 is 13.3 Å². The number of nitrogens with one attached hydrogen (secondary N) is 1. The Morgan fingerprint density at radius 3 is 2.47 bits per heavy atom. The fourth-order valence-corrected chi connectivity index (χ4v) is 2.25. The van der Waals surface area contributed by atoms with Gasteiger partial charge in [0.15, 0.2) is 9.84 Å². The van der Waals surface area contributed by atoms with E-state index < -0.39 is 14.8 Å². The third-order valence-corrected chi connectivity index (χ3v) is 3.34. The van der Waals surface area contributed by atoms with Crippen molar-refractivity contribution >= 4 is 21.7 Å². The van der Waals surface area contributed by atoms with Crippen molar-refractivity contribution in [2.24, 2.45) is 5.10 Å². The van der Waals surface area contributed by atoms with Gasteiger partial charge in [-0.1, -0.05) is 0 Å². The van der Waals surface area contributed by atoms with Gasteiger partial charge in [0.25, 0.3) is 5.69 Å². The Bertz CT molecular complexity index is 687. The molecule has 7 nitrogen and oxygen atoms in total. The minimum atomic E-state index is -3.26. The largest absolute Gasteiger partial charge is 0.278 e. The summed E-state index contributed by atoms with van der Waals surface area (Å²) in [7, 11) is -3.26. The minimum Gasteiger partial charge on any atom is -0.278 e. The summed E-state index contributed by atoms with van der Waals surface area (Å²) < 4.78 is 22.1. The number of non-ortho nitro benzene ring substituents is 1. The van der Waals surface area contributed by atoms with Crippen LogP contribution in [0.15, 0.2) is 52.0 Å². The summed E-state index contributed by atoms with van der Waals surface area (Å²) in [4.78, 5) is 9.96. The lowest BCUT2D eigenvalue weighted by Gasteiger charge is -1.96. The van der Waals surface area contributed by atoms with Crippen LogP contribution in [-0.2, 0) is 9.84 Å². The Kier molecular flexibility index (Phi) is 3.43. The molecule has 0 aromatic heterocycles. The Balaban J connectivity index is 2.00. The number of hydrazone groups is 1. The van der Waals surface area contributed by atoms with Crippen LogP contribution < -0.4 is 5.43 Å². The van der Waals surface area contributed by atoms with Crippen LogP contribution >= 0.6 is 0 Å². The second-order valence-corrected chi connectivity index (χ2v) is 5.37. The summed E-state index contributed by atoms with van der Waals surface area (Å²) in [5.74, 6) is 0. The van der Waals surface area contributed by atoms with Gasteiger partial charge in [0, 0.05) is 17.5 Å². The van der Waals surface area contributed by atoms with Gasteiger partial charge in [0.05, 0.1) is 22.2 Å². The molecule has 0 radical (unpaired) electrons. The Morgan fingerprint density at radius 2 is 1.95 bits per heavy atom. The van der Waals surface area contributed by atoms with Crippen LogP contribution in [0.4, 0.5) is 5.69 Å². The Labute approximate surface area is 109 Å². The summed E-state index contributed by atoms with van der Waals surface area (Å²) in [6.07, 6.45) is 2.83. The van der Waals surface area contributed by atoms with Crippen molar-refractivity contribution in [3.8, 4) is 0 Å². The summed E-state index contributed by atoms with van der Waals surface area (Å²) in [5.41, 5.74) is 3.57. The molecule has 0 spiro atoms. The van der Waals surface area contributed by atoms with E-state index in [1.165, 1.54) is 24.4 Å². The van der Waals surface area contributed by atoms with E-state index in [0.29, 0.717) is 11.3 Å². The third-order valence-electron chi connectivity index (χ3n) is 2.24. The van der Waals surface area contributed by atoms with Crippen LogP contribution in [0, 0.1) is 10.1 Å². The molecule has 2 rings (SSSR count). The molecule has 8 heteroatoms. The molecule has 1 heterocycles. The SMILES string of the molecule is O=[N+]([O-])c1ccc(C=NNC2=CS(=O)(=O)C=C2)cc1. The summed E-state index contributed by atoms with van der Waals surface area (Å²) in [6, 6.07) is 5.80. The molecule has 1 aromatic carbocycles. The molecule has 1 aliphatic rings. The molecule has 0 aliphatic carbocycles. The van der Waals surface area contributed by atoms with Crippen LogP contribution in [0.25, 0.3) is 0 Å². The maximum absolute atomic E-state index is 11.1. The molecule has 1 aliphatic heterocycles. The van der Waals surface area contributed by atoms with Crippen LogP contribution in [-0.4, -0.2) is 19.6 Å². The van der Waals surface area contributed by atoms with Crippen LogP contribution in [0.2, 0.25) is 0 Å². The number of benzene rings is 1. The molecule has 0 amide bonds. The van der Waals surface area contributed by atoms with Crippen molar-refractivity contribution in [1.29, 1.82) is 0 Å². The molecule has 0 saturated carbocycles. The molecule has 0 atom stereocenters. The van der Waals surface area contributed by atoms with E-state index in [1.807, 2.05) is 0 Å². The summed E-state index contributed by atoms with van der Waals surface area (Å²) in [6.45, 7) is 0. The second kappa shape index (κ2) is 5.02. The van der Waals surface area contributed by atoms with E-state index in [-0.39, 0.29) is 5.69 Å². The molecule has 98 valence electrons. The lowest BCUT2D eigenvalue weighted by atomic mass is 10.2. The van der Waals surface area contributed by atoms with E-state index >= 15 is 0 Å². The molecule has 1 N–H and O–H groups in total. The lowest BCUT2D eigenvalue weighted by molar-refractivity contribution is -0.384. The zero-order valence-electron chi connectivity index (χ0n) is 9.55. The van der Waals surface area contributed by atoms with Crippen molar-refractivity contribution in [2.75, 3.05) is 0 Å². The van der Waals surface area contributed by atoms with Crippen LogP contribution in [0.3, 0.4) is 0 Å². The van der Waals surface area contributed by atoms with Gasteiger partial charge in [-0.2, -0.15) is 5.10 Å². The first kappa shape index (κ1) is 13.0. The average Bonchev–Trinajstić information content (AvgIpc) is 2.69. The first-order valence-electron chi connectivity index (χ1n) is 5.15. The molecule has 0 bridgehead atoms. The molecule has 19 heavy (non-hydrogen) atoms. The molecule has 0 saturated heterocycles. The maximum atomic E-state index is 11.1. The molecule has 1 aromatic rings. The second-order valence-electron chi connectivity index (χ2n) is 3.68. The van der Waals surface area contributed by atoms with E-state index in [0.717, 1.165) is 10.8 Å². The molecular formula is C11H9N3O4S. The van der Waals surface area contributed by atoms with Gasteiger partial charge in [0.2, 0.25) is 0 Å². The lowest BCUT2D eigenvalue weighted by Crippen LogP contribution is -2.02. The first-order valence-corrected chi connectivity index (χ1v) is 6.76. The zero-order valence-corrected chi connectivity index (χ0v) is 10.4. The van der Waals surface area contributed by atoms with Crippen molar-refractivity contribution in [1.82, 2.24) is 5.43 Å². The number of hydrogen-bond acceptors (Lipinski definition) is 6. The highest BCUT2D eigenvalue weighted by atomic mass is 32.2. The number of nitro benzene ring substituents is 1. The van der Waals surface area contributed by atoms with Crippen molar-refractivity contribution in [2.45, 2.75) is 0 Å². The van der Waals surface area contributed by atoms with E-state index in [2.05, 4.69) is 10.5 Å². The zero-order chi connectivity index (χ0) is 13.9. The summed E-state index contributed by atoms with van der Waals surface area (Å²) in [5, 5.41) is 16.4. The topological polar surface area (TPSA) is 102 Å². The predicted octanol–water partition coefficient (Wildman–Crippen LogP) is 1.30. The predicted molar refractivity (Wildman–Crippen MR) is 70.0 cm³/mol. The summed E-state index contributed by atoms with van der Waals surface area (Å²) >= 11 is 0. The monoisotopic (exact) mass is 279 g/mol. The highest BCUT2D eigenvalue weighted by Gasteiger charge is 2.09. The van der Waals surface area contributed by atoms with Gasteiger partial charge < -0.3 is 0 Å². The highest BCUT2D eigenvalue weighted by Crippen LogP contribution is 2.11. The molecular weight excluding hydrogens is 270 g/mol. The van der Waals surface area contributed by atoms with E-state index in [1.54, 1.807) is 12.1 Å². The quantitative estimate of drug-likeness (QED) is 0.508. The fourth-order valence-electron chi connectivity index (χ4n) is 1.35. The van der Waals surface area contributed by atoms with Gasteiger partial charge in [-0.15, -0.1) is 0 Å². The number of allylic oxidation sites excluding steroid dienone is 1. The van der Waals surface area contributed by atoms with E-state index in [4.69, 9.17) is 0 Å². The van der Waals surface area contributed by atoms with Gasteiger partial charge in [-0.25, -0.2) is 8.42 Å². The Hall–Kier alpha value is -2.48. The van der Waals surface area contributed by atoms with Gasteiger partial charge in [-0.3, -0.25) is 15.5 Å². The first-order chi connectivity index (χ1) is 8.96. The third kappa shape index (κ3) is 3.49. The maximum Gasteiger partial charge on any atom is 0.269 e. The van der Waals surface area contributed by atoms with E-state index in [9.17, 15) is 18.5 Å². The number of nitro groups is 1. The number of nitrogens with zero attached hydrogens (tertiary/aromatic N) is 2. The fraction of sp³-hybridized carbons (Fsp3) is 0.